The Bertz CT molecular complexity index is 505. The Hall–Kier alpha value is -2.03. The number of anilines is 1. The predicted octanol–water partition coefficient (Wildman–Crippen LogP) is 4.36. The second-order valence-corrected chi connectivity index (χ2v) is 4.79. The lowest BCUT2D eigenvalue weighted by Crippen LogP contribution is -1.93. The van der Waals surface area contributed by atoms with Crippen LogP contribution in [0.2, 0.25) is 0 Å². The summed E-state index contributed by atoms with van der Waals surface area (Å²) < 4.78 is 5.66. The van der Waals surface area contributed by atoms with Crippen LogP contribution in [0.4, 0.5) is 5.69 Å². The number of hydrogen-bond donors (Lipinski definition) is 1. The number of rotatable bonds is 5. The molecule has 0 spiro atoms. The van der Waals surface area contributed by atoms with E-state index >= 15 is 0 Å². The van der Waals surface area contributed by atoms with Crippen LogP contribution >= 0.6 is 0 Å². The van der Waals surface area contributed by atoms with Gasteiger partial charge in [-0.2, -0.15) is 0 Å². The third-order valence-electron chi connectivity index (χ3n) is 3.15. The fraction of sp³-hybridized carbons (Fsp3) is 0.312. The van der Waals surface area contributed by atoms with Crippen molar-refractivity contribution in [3.8, 4) is 11.6 Å². The minimum atomic E-state index is 0.559. The molecule has 0 saturated heterocycles. The van der Waals surface area contributed by atoms with Gasteiger partial charge in [0.1, 0.15) is 5.75 Å². The Morgan fingerprint density at radius 3 is 2.47 bits per heavy atom. The molecule has 0 amide bonds. The van der Waals surface area contributed by atoms with Crippen LogP contribution in [0.5, 0.6) is 11.6 Å². The summed E-state index contributed by atoms with van der Waals surface area (Å²) in [6.07, 6.45) is 4.00. The van der Waals surface area contributed by atoms with Gasteiger partial charge in [-0.25, -0.2) is 4.98 Å². The number of nitrogens with two attached hydrogens (primary N) is 1. The second-order valence-electron chi connectivity index (χ2n) is 4.79. The molecule has 2 rings (SSSR count). The molecule has 0 aliphatic heterocycles. The van der Waals surface area contributed by atoms with Crippen molar-refractivity contribution in [1.29, 1.82) is 0 Å². The van der Waals surface area contributed by atoms with E-state index < -0.39 is 0 Å². The lowest BCUT2D eigenvalue weighted by Gasteiger charge is -2.11. The van der Waals surface area contributed by atoms with Gasteiger partial charge in [0, 0.05) is 6.07 Å². The Kier molecular flexibility index (Phi) is 4.39. The van der Waals surface area contributed by atoms with Gasteiger partial charge in [0.15, 0.2) is 0 Å². The van der Waals surface area contributed by atoms with E-state index in [4.69, 9.17) is 10.5 Å². The Labute approximate surface area is 114 Å². The minimum Gasteiger partial charge on any atom is -0.439 e. The smallest absolute Gasteiger partial charge is 0.219 e. The number of ether oxygens (including phenoxy) is 1. The molecule has 0 saturated carbocycles. The van der Waals surface area contributed by atoms with Crippen LogP contribution in [0, 0.1) is 0 Å². The van der Waals surface area contributed by atoms with E-state index in [1.807, 2.05) is 12.1 Å². The first kappa shape index (κ1) is 13.4. The summed E-state index contributed by atoms with van der Waals surface area (Å²) in [5, 5.41) is 0. The number of benzene rings is 1. The summed E-state index contributed by atoms with van der Waals surface area (Å²) in [5.74, 6) is 1.95. The van der Waals surface area contributed by atoms with Crippen molar-refractivity contribution in [2.45, 2.75) is 32.6 Å². The molecule has 1 atom stereocenters. The van der Waals surface area contributed by atoms with Gasteiger partial charge in [-0.1, -0.05) is 32.4 Å². The third kappa shape index (κ3) is 3.71. The Morgan fingerprint density at radius 1 is 1.16 bits per heavy atom. The lowest BCUT2D eigenvalue weighted by atomic mass is 9.97. The van der Waals surface area contributed by atoms with E-state index in [1.165, 1.54) is 18.4 Å². The molecule has 100 valence electrons. The highest BCUT2D eigenvalue weighted by Gasteiger charge is 2.05. The summed E-state index contributed by atoms with van der Waals surface area (Å²) in [7, 11) is 0. The number of nitrogens with zero attached hydrogens (tertiary/aromatic N) is 1. The summed E-state index contributed by atoms with van der Waals surface area (Å²) in [6.45, 7) is 4.46. The van der Waals surface area contributed by atoms with Crippen molar-refractivity contribution < 1.29 is 4.74 Å². The first-order valence-electron chi connectivity index (χ1n) is 6.68. The maximum absolute atomic E-state index is 5.66. The molecule has 3 heteroatoms. The molecule has 2 aromatic rings. The molecule has 2 N–H and O–H groups in total. The van der Waals surface area contributed by atoms with E-state index in [0.29, 0.717) is 17.5 Å². The molecule has 0 aliphatic carbocycles. The predicted molar refractivity (Wildman–Crippen MR) is 78.5 cm³/mol. The average molecular weight is 256 g/mol. The second kappa shape index (κ2) is 6.23. The molecule has 0 radical (unpaired) electrons. The van der Waals surface area contributed by atoms with E-state index in [0.717, 1.165) is 5.75 Å². The van der Waals surface area contributed by atoms with Crippen molar-refractivity contribution in [2.24, 2.45) is 0 Å². The largest absolute Gasteiger partial charge is 0.439 e. The van der Waals surface area contributed by atoms with Crippen molar-refractivity contribution in [1.82, 2.24) is 4.98 Å². The molecular formula is C16H20N2O. The van der Waals surface area contributed by atoms with Gasteiger partial charge < -0.3 is 10.5 Å². The van der Waals surface area contributed by atoms with Gasteiger partial charge in [0.25, 0.3) is 0 Å². The number of aromatic nitrogens is 1. The monoisotopic (exact) mass is 256 g/mol. The van der Waals surface area contributed by atoms with Crippen LogP contribution in [0.15, 0.2) is 42.6 Å². The van der Waals surface area contributed by atoms with Crippen LogP contribution in [0.25, 0.3) is 0 Å². The zero-order chi connectivity index (χ0) is 13.7. The summed E-state index contributed by atoms with van der Waals surface area (Å²) in [4.78, 5) is 4.11. The first-order valence-corrected chi connectivity index (χ1v) is 6.68. The van der Waals surface area contributed by atoms with E-state index in [-0.39, 0.29) is 0 Å². The molecule has 1 unspecified atom stereocenters. The molecule has 3 nitrogen and oxygen atoms in total. The van der Waals surface area contributed by atoms with Crippen LogP contribution in [0.3, 0.4) is 0 Å². The van der Waals surface area contributed by atoms with Crippen LogP contribution < -0.4 is 10.5 Å². The zero-order valence-electron chi connectivity index (χ0n) is 11.5. The SMILES string of the molecule is CCCC(C)c1ccc(Oc2ccc(N)cn2)cc1. The van der Waals surface area contributed by atoms with Crippen LogP contribution in [-0.4, -0.2) is 4.98 Å². The molecule has 1 aromatic heterocycles. The topological polar surface area (TPSA) is 48.1 Å². The van der Waals surface area contributed by atoms with Gasteiger partial charge in [-0.15, -0.1) is 0 Å². The van der Waals surface area contributed by atoms with E-state index in [2.05, 4.69) is 31.0 Å². The highest BCUT2D eigenvalue weighted by Crippen LogP contribution is 2.25. The maximum Gasteiger partial charge on any atom is 0.219 e. The average Bonchev–Trinajstić information content (AvgIpc) is 2.42. The summed E-state index contributed by atoms with van der Waals surface area (Å²) in [5.41, 5.74) is 7.57. The third-order valence-corrected chi connectivity index (χ3v) is 3.15. The molecule has 0 fully saturated rings. The van der Waals surface area contributed by atoms with Crippen LogP contribution in [0.1, 0.15) is 38.2 Å². The Morgan fingerprint density at radius 2 is 1.89 bits per heavy atom. The number of hydrogen-bond acceptors (Lipinski definition) is 3. The van der Waals surface area contributed by atoms with E-state index in [9.17, 15) is 0 Å². The maximum atomic E-state index is 5.66. The van der Waals surface area contributed by atoms with Gasteiger partial charge in [0.2, 0.25) is 5.88 Å². The summed E-state index contributed by atoms with van der Waals surface area (Å²) in [6, 6.07) is 11.8. The zero-order valence-corrected chi connectivity index (χ0v) is 11.5. The van der Waals surface area contributed by atoms with E-state index in [1.54, 1.807) is 18.3 Å². The van der Waals surface area contributed by atoms with Crippen molar-refractivity contribution in [2.75, 3.05) is 5.73 Å². The van der Waals surface area contributed by atoms with Crippen molar-refractivity contribution in [3.63, 3.8) is 0 Å². The van der Waals surface area contributed by atoms with Crippen molar-refractivity contribution in [3.05, 3.63) is 48.2 Å². The normalized spacial score (nSPS) is 12.1. The fourth-order valence-electron chi connectivity index (χ4n) is 2.04. The Balaban J connectivity index is 2.04. The van der Waals surface area contributed by atoms with Crippen molar-refractivity contribution >= 4 is 5.69 Å². The molecule has 1 heterocycles. The summed E-state index contributed by atoms with van der Waals surface area (Å²) >= 11 is 0. The molecule has 0 aliphatic rings. The molecular weight excluding hydrogens is 236 g/mol. The van der Waals surface area contributed by atoms with Gasteiger partial charge in [0.05, 0.1) is 11.9 Å². The quantitative estimate of drug-likeness (QED) is 0.864. The first-order chi connectivity index (χ1) is 9.19. The van der Waals surface area contributed by atoms with Gasteiger partial charge in [-0.05, 0) is 36.1 Å². The van der Waals surface area contributed by atoms with Gasteiger partial charge >= 0.3 is 0 Å². The molecule has 1 aromatic carbocycles. The highest BCUT2D eigenvalue weighted by atomic mass is 16.5. The number of pyridine rings is 1. The molecule has 0 bridgehead atoms. The highest BCUT2D eigenvalue weighted by molar-refractivity contribution is 5.38. The molecule has 19 heavy (non-hydrogen) atoms. The standard InChI is InChI=1S/C16H20N2O/c1-3-4-12(2)13-5-8-15(9-6-13)19-16-10-7-14(17)11-18-16/h5-12H,3-4,17H2,1-2H3. The van der Waals surface area contributed by atoms with Crippen LogP contribution in [-0.2, 0) is 0 Å². The fourth-order valence-corrected chi connectivity index (χ4v) is 2.04. The lowest BCUT2D eigenvalue weighted by molar-refractivity contribution is 0.462. The minimum absolute atomic E-state index is 0.559. The number of nitrogen functional groups attached to an aromatic ring is 1. The van der Waals surface area contributed by atoms with Gasteiger partial charge in [-0.3, -0.25) is 0 Å².